The monoisotopic (exact) mass is 377 g/mol. The molecule has 1 fully saturated rings. The van der Waals surface area contributed by atoms with Gasteiger partial charge in [-0.2, -0.15) is 0 Å². The van der Waals surface area contributed by atoms with Crippen molar-refractivity contribution in [1.82, 2.24) is 4.90 Å². The van der Waals surface area contributed by atoms with Gasteiger partial charge in [0.1, 0.15) is 0 Å². The van der Waals surface area contributed by atoms with Crippen LogP contribution in [0.2, 0.25) is 0 Å². The predicted molar refractivity (Wildman–Crippen MR) is 103 cm³/mol. The summed E-state index contributed by atoms with van der Waals surface area (Å²) < 4.78 is 5.07. The van der Waals surface area contributed by atoms with E-state index in [0.29, 0.717) is 30.3 Å². The molecule has 140 valence electrons. The minimum atomic E-state index is -0.340. The molecule has 2 amide bonds. The lowest BCUT2D eigenvalue weighted by Gasteiger charge is -2.33. The molecule has 1 atom stereocenters. The molecule has 3 N–H and O–H groups in total. The van der Waals surface area contributed by atoms with E-state index in [4.69, 9.17) is 10.2 Å². The van der Waals surface area contributed by atoms with E-state index in [-0.39, 0.29) is 36.0 Å². The van der Waals surface area contributed by atoms with E-state index >= 15 is 0 Å². The summed E-state index contributed by atoms with van der Waals surface area (Å²) in [5.74, 6) is 0.349. The number of likely N-dealkylation sites (tertiary alicyclic amines) is 1. The van der Waals surface area contributed by atoms with E-state index in [2.05, 4.69) is 5.32 Å². The zero-order chi connectivity index (χ0) is 17.8. The topological polar surface area (TPSA) is 88.6 Å². The Balaban J connectivity index is 0.00000243. The van der Waals surface area contributed by atoms with Gasteiger partial charge in [0.15, 0.2) is 5.76 Å². The van der Waals surface area contributed by atoms with E-state index in [1.165, 1.54) is 6.26 Å². The summed E-state index contributed by atoms with van der Waals surface area (Å²) in [6.07, 6.45) is 3.30. The summed E-state index contributed by atoms with van der Waals surface area (Å²) in [7, 11) is 0. The van der Waals surface area contributed by atoms with Gasteiger partial charge in [0.25, 0.3) is 11.8 Å². The van der Waals surface area contributed by atoms with E-state index in [0.717, 1.165) is 12.8 Å². The fraction of sp³-hybridized carbons (Fsp3) is 0.368. The number of piperidine rings is 1. The number of amides is 2. The van der Waals surface area contributed by atoms with Crippen LogP contribution in [-0.2, 0) is 0 Å². The summed E-state index contributed by atoms with van der Waals surface area (Å²) in [6, 6.07) is 10.4. The van der Waals surface area contributed by atoms with Gasteiger partial charge in [-0.05, 0) is 56.0 Å². The second-order valence-corrected chi connectivity index (χ2v) is 6.50. The van der Waals surface area contributed by atoms with Crippen LogP contribution in [0.25, 0.3) is 0 Å². The average molecular weight is 378 g/mol. The maximum atomic E-state index is 12.7. The molecular formula is C19H24ClN3O3. The van der Waals surface area contributed by atoms with Crippen LogP contribution in [0.3, 0.4) is 0 Å². The van der Waals surface area contributed by atoms with Crippen molar-refractivity contribution in [2.75, 3.05) is 18.4 Å². The molecule has 3 rings (SSSR count). The maximum Gasteiger partial charge on any atom is 0.291 e. The number of carbonyl (C=O) groups is 2. The first-order chi connectivity index (χ1) is 12.0. The summed E-state index contributed by atoms with van der Waals surface area (Å²) in [4.78, 5) is 26.6. The Labute approximate surface area is 159 Å². The SMILES string of the molecule is CC(N)C1CCN(C(=O)c2cccc(NC(=O)c3ccco3)c2)CC1.Cl. The second-order valence-electron chi connectivity index (χ2n) is 6.50. The molecule has 2 aromatic rings. The van der Waals surface area contributed by atoms with E-state index in [9.17, 15) is 9.59 Å². The van der Waals surface area contributed by atoms with Gasteiger partial charge in [-0.1, -0.05) is 6.07 Å². The third-order valence-corrected chi connectivity index (χ3v) is 4.68. The number of hydrogen-bond acceptors (Lipinski definition) is 4. The molecule has 1 aromatic heterocycles. The number of carbonyl (C=O) groups excluding carboxylic acids is 2. The Kier molecular flexibility index (Phi) is 6.83. The summed E-state index contributed by atoms with van der Waals surface area (Å²) in [6.45, 7) is 3.45. The van der Waals surface area contributed by atoms with Crippen molar-refractivity contribution in [2.24, 2.45) is 11.7 Å². The highest BCUT2D eigenvalue weighted by atomic mass is 35.5. The van der Waals surface area contributed by atoms with Crippen molar-refractivity contribution in [3.63, 3.8) is 0 Å². The molecule has 6 nitrogen and oxygen atoms in total. The molecule has 0 saturated carbocycles. The first kappa shape index (κ1) is 20.0. The van der Waals surface area contributed by atoms with Crippen LogP contribution >= 0.6 is 12.4 Å². The molecule has 2 heterocycles. The smallest absolute Gasteiger partial charge is 0.291 e. The molecule has 1 aliphatic heterocycles. The van der Waals surface area contributed by atoms with Gasteiger partial charge in [0.05, 0.1) is 6.26 Å². The number of nitrogens with zero attached hydrogens (tertiary/aromatic N) is 1. The van der Waals surface area contributed by atoms with Crippen LogP contribution in [0.15, 0.2) is 47.1 Å². The van der Waals surface area contributed by atoms with Gasteiger partial charge < -0.3 is 20.4 Å². The number of hydrogen-bond donors (Lipinski definition) is 2. The summed E-state index contributed by atoms with van der Waals surface area (Å²) in [5.41, 5.74) is 7.09. The third kappa shape index (κ3) is 4.65. The van der Waals surface area contributed by atoms with Gasteiger partial charge in [0, 0.05) is 30.4 Å². The Hall–Kier alpha value is -2.31. The molecule has 0 spiro atoms. The molecule has 1 aliphatic rings. The van der Waals surface area contributed by atoms with Crippen LogP contribution in [0.1, 0.15) is 40.7 Å². The Morgan fingerprint density at radius 3 is 2.58 bits per heavy atom. The largest absolute Gasteiger partial charge is 0.459 e. The van der Waals surface area contributed by atoms with Crippen molar-refractivity contribution < 1.29 is 14.0 Å². The normalized spacial score (nSPS) is 15.8. The number of furan rings is 1. The van der Waals surface area contributed by atoms with E-state index < -0.39 is 0 Å². The number of halogens is 1. The number of anilines is 1. The van der Waals surface area contributed by atoms with Crippen LogP contribution in [0.4, 0.5) is 5.69 Å². The third-order valence-electron chi connectivity index (χ3n) is 4.68. The molecule has 26 heavy (non-hydrogen) atoms. The molecular weight excluding hydrogens is 354 g/mol. The average Bonchev–Trinajstić information content (AvgIpc) is 3.16. The maximum absolute atomic E-state index is 12.7. The zero-order valence-corrected chi connectivity index (χ0v) is 15.5. The van der Waals surface area contributed by atoms with Gasteiger partial charge >= 0.3 is 0 Å². The summed E-state index contributed by atoms with van der Waals surface area (Å²) >= 11 is 0. The van der Waals surface area contributed by atoms with Crippen molar-refractivity contribution in [3.05, 3.63) is 54.0 Å². The minimum Gasteiger partial charge on any atom is -0.459 e. The predicted octanol–water partition coefficient (Wildman–Crippen LogP) is 3.15. The van der Waals surface area contributed by atoms with E-state index in [1.54, 1.807) is 36.4 Å². The molecule has 1 unspecified atom stereocenters. The number of nitrogens with two attached hydrogens (primary N) is 1. The van der Waals surface area contributed by atoms with Crippen molar-refractivity contribution >= 4 is 29.9 Å². The minimum absolute atomic E-state index is 0. The van der Waals surface area contributed by atoms with Gasteiger partial charge in [0.2, 0.25) is 0 Å². The highest BCUT2D eigenvalue weighted by molar-refractivity contribution is 6.03. The molecule has 0 radical (unpaired) electrons. The lowest BCUT2D eigenvalue weighted by atomic mass is 9.90. The molecule has 1 aromatic carbocycles. The van der Waals surface area contributed by atoms with Crippen molar-refractivity contribution in [3.8, 4) is 0 Å². The van der Waals surface area contributed by atoms with E-state index in [1.807, 2.05) is 11.8 Å². The standard InChI is InChI=1S/C19H23N3O3.ClH/c1-13(20)14-7-9-22(10-8-14)19(24)15-4-2-5-16(12-15)21-18(23)17-6-3-11-25-17;/h2-6,11-14H,7-10,20H2,1H3,(H,21,23);1H. The molecule has 0 bridgehead atoms. The number of rotatable bonds is 4. The molecule has 7 heteroatoms. The Morgan fingerprint density at radius 2 is 1.96 bits per heavy atom. The first-order valence-corrected chi connectivity index (χ1v) is 8.54. The fourth-order valence-corrected chi connectivity index (χ4v) is 3.14. The van der Waals surface area contributed by atoms with Crippen LogP contribution < -0.4 is 11.1 Å². The highest BCUT2D eigenvalue weighted by Crippen LogP contribution is 2.22. The highest BCUT2D eigenvalue weighted by Gasteiger charge is 2.25. The van der Waals surface area contributed by atoms with Crippen LogP contribution in [-0.4, -0.2) is 35.8 Å². The zero-order valence-electron chi connectivity index (χ0n) is 14.7. The fourth-order valence-electron chi connectivity index (χ4n) is 3.14. The van der Waals surface area contributed by atoms with Gasteiger partial charge in [-0.3, -0.25) is 9.59 Å². The summed E-state index contributed by atoms with van der Waals surface area (Å²) in [5, 5.41) is 2.74. The second kappa shape index (κ2) is 8.87. The van der Waals surface area contributed by atoms with Crippen molar-refractivity contribution in [1.29, 1.82) is 0 Å². The number of nitrogens with one attached hydrogen (secondary N) is 1. The van der Waals surface area contributed by atoms with Crippen LogP contribution in [0.5, 0.6) is 0 Å². The number of benzene rings is 1. The van der Waals surface area contributed by atoms with Gasteiger partial charge in [-0.15, -0.1) is 12.4 Å². The quantitative estimate of drug-likeness (QED) is 0.856. The first-order valence-electron chi connectivity index (χ1n) is 8.54. The molecule has 0 aliphatic carbocycles. The Morgan fingerprint density at radius 1 is 1.23 bits per heavy atom. The van der Waals surface area contributed by atoms with Crippen molar-refractivity contribution in [2.45, 2.75) is 25.8 Å². The Bertz CT molecular complexity index is 738. The van der Waals surface area contributed by atoms with Crippen LogP contribution in [0, 0.1) is 5.92 Å². The molecule has 1 saturated heterocycles. The van der Waals surface area contributed by atoms with Gasteiger partial charge in [-0.25, -0.2) is 0 Å². The lowest BCUT2D eigenvalue weighted by molar-refractivity contribution is 0.0681. The lowest BCUT2D eigenvalue weighted by Crippen LogP contribution is -2.42.